The lowest BCUT2D eigenvalue weighted by Crippen LogP contribution is -2.68. The number of aromatic nitrogens is 2. The van der Waals surface area contributed by atoms with Gasteiger partial charge < -0.3 is 19.9 Å². The van der Waals surface area contributed by atoms with Gasteiger partial charge in [-0.05, 0) is 50.6 Å². The number of carbonyl (C=O) groups is 2. The quantitative estimate of drug-likeness (QED) is 0.121. The predicted octanol–water partition coefficient (Wildman–Crippen LogP) is 3.15. The lowest BCUT2D eigenvalue weighted by molar-refractivity contribution is -0.384. The van der Waals surface area contributed by atoms with Crippen molar-refractivity contribution in [1.29, 1.82) is 0 Å². The molecule has 1 amide bonds. The van der Waals surface area contributed by atoms with Crippen LogP contribution in [0.1, 0.15) is 25.0 Å². The first kappa shape index (κ1) is 29.0. The number of nitrogens with one attached hydrogen (secondary N) is 2. The maximum absolute atomic E-state index is 12.8. The molecule has 2 saturated heterocycles. The summed E-state index contributed by atoms with van der Waals surface area (Å²) in [5.74, 6) is -0.166. The van der Waals surface area contributed by atoms with Gasteiger partial charge in [-0.3, -0.25) is 19.5 Å². The van der Waals surface area contributed by atoms with Gasteiger partial charge in [-0.15, -0.1) is 11.8 Å². The number of fused-ring (bicyclic) bond motifs is 1. The topological polar surface area (TPSA) is 185 Å². The second-order valence-electron chi connectivity index (χ2n) is 9.64. The predicted molar refractivity (Wildman–Crippen MR) is 146 cm³/mol. The molecule has 2 aliphatic heterocycles. The van der Waals surface area contributed by atoms with E-state index in [0.29, 0.717) is 11.5 Å². The van der Waals surface area contributed by atoms with Gasteiger partial charge in [0.2, 0.25) is 11.9 Å². The number of nitro groups is 1. The van der Waals surface area contributed by atoms with Gasteiger partial charge in [-0.1, -0.05) is 17.7 Å². The van der Waals surface area contributed by atoms with Crippen LogP contribution in [0.2, 0.25) is 0 Å². The molecule has 3 atom stereocenters. The van der Waals surface area contributed by atoms with Crippen molar-refractivity contribution in [2.45, 2.75) is 54.5 Å². The molecule has 212 valence electrons. The second-order valence-corrected chi connectivity index (χ2v) is 12.8. The molecule has 13 nitrogen and oxygen atoms in total. The summed E-state index contributed by atoms with van der Waals surface area (Å²) in [7, 11) is -4.02. The number of β-lactam (4-membered cyclic amide) rings is 1. The Morgan fingerprint density at radius 2 is 1.88 bits per heavy atom. The van der Waals surface area contributed by atoms with Gasteiger partial charge in [-0.25, -0.2) is 9.78 Å². The molecule has 40 heavy (non-hydrogen) atoms. The Hall–Kier alpha value is -3.95. The number of aryl methyl sites for hydroxylation is 1. The first-order valence-electron chi connectivity index (χ1n) is 12.0. The lowest BCUT2D eigenvalue weighted by atomic mass is 9.96. The van der Waals surface area contributed by atoms with E-state index in [1.807, 2.05) is 20.8 Å². The summed E-state index contributed by atoms with van der Waals surface area (Å²) < 4.78 is 34.5. The number of aromatic amines is 1. The maximum atomic E-state index is 12.8. The number of hydrogen-bond acceptors (Lipinski definition) is 10. The highest BCUT2D eigenvalue weighted by Crippen LogP contribution is 2.51. The number of rotatable bonds is 7. The minimum absolute atomic E-state index is 0.0190. The van der Waals surface area contributed by atoms with Crippen LogP contribution in [0.15, 0.2) is 65.8 Å². The largest absolute Gasteiger partial charge is 0.459 e. The Bertz CT molecular complexity index is 1490. The van der Waals surface area contributed by atoms with E-state index in [1.54, 1.807) is 41.6 Å². The number of nitro benzene ring substituents is 1. The van der Waals surface area contributed by atoms with Gasteiger partial charge in [0, 0.05) is 29.3 Å². The summed E-state index contributed by atoms with van der Waals surface area (Å²) in [4.78, 5) is 44.2. The summed E-state index contributed by atoms with van der Waals surface area (Å²) in [6.07, 6.45) is 3.25. The first-order valence-corrected chi connectivity index (χ1v) is 14.3. The number of benzene rings is 2. The fourth-order valence-electron chi connectivity index (χ4n) is 4.28. The number of non-ortho nitro benzene ring substituents is 1. The van der Waals surface area contributed by atoms with Crippen molar-refractivity contribution in [3.8, 4) is 0 Å². The van der Waals surface area contributed by atoms with Crippen molar-refractivity contribution in [2.75, 3.05) is 5.32 Å². The third kappa shape index (κ3) is 6.26. The normalized spacial score (nSPS) is 20.9. The summed E-state index contributed by atoms with van der Waals surface area (Å²) in [6.45, 7) is 5.64. The molecule has 2 aromatic carbocycles. The molecule has 0 bridgehead atoms. The lowest BCUT2D eigenvalue weighted by Gasteiger charge is -2.43. The molecule has 3 heterocycles. The van der Waals surface area contributed by atoms with Crippen molar-refractivity contribution >= 4 is 45.4 Å². The standard InChI is InChI=1S/C18H19N5O5S.C7H8O3S/c1-18(2)13(16(25)28-9-10-3-5-11(6-4-10)23(26)27)22-14(24)12(15(22)29-18)21-17-19-7-8-20-17;1-6-2-4-7(5-3-6)11(8,9)10/h3-8,12-13,15H,9H2,1-2H3,(H2,19,20,21);2-5H,1H3,(H,8,9,10)/t12?,13?,15-;/m1./s1. The van der Waals surface area contributed by atoms with Gasteiger partial charge in [-0.2, -0.15) is 8.42 Å². The van der Waals surface area contributed by atoms with Crippen molar-refractivity contribution in [3.63, 3.8) is 0 Å². The zero-order valence-electron chi connectivity index (χ0n) is 21.7. The van der Waals surface area contributed by atoms with Crippen molar-refractivity contribution < 1.29 is 32.2 Å². The molecule has 0 spiro atoms. The molecule has 2 fully saturated rings. The second kappa shape index (κ2) is 11.3. The summed E-state index contributed by atoms with van der Waals surface area (Å²) in [5.41, 5.74) is 1.56. The number of imidazole rings is 1. The highest BCUT2D eigenvalue weighted by molar-refractivity contribution is 8.01. The molecule has 0 aliphatic carbocycles. The minimum Gasteiger partial charge on any atom is -0.459 e. The highest BCUT2D eigenvalue weighted by Gasteiger charge is 2.64. The van der Waals surface area contributed by atoms with E-state index < -0.39 is 37.8 Å². The molecule has 5 rings (SSSR count). The van der Waals surface area contributed by atoms with Crippen LogP contribution in [-0.4, -0.2) is 66.8 Å². The third-order valence-electron chi connectivity index (χ3n) is 6.30. The number of nitrogens with zero attached hydrogens (tertiary/aromatic N) is 3. The first-order chi connectivity index (χ1) is 18.8. The molecule has 0 saturated carbocycles. The number of anilines is 1. The summed E-state index contributed by atoms with van der Waals surface area (Å²) in [6, 6.07) is 10.6. The molecule has 3 N–H and O–H groups in total. The number of hydrogen-bond donors (Lipinski definition) is 3. The average molecular weight is 590 g/mol. The number of ether oxygens (including phenoxy) is 1. The Kier molecular flexibility index (Phi) is 8.18. The van der Waals surface area contributed by atoms with Crippen LogP contribution in [0.3, 0.4) is 0 Å². The fraction of sp³-hybridized carbons (Fsp3) is 0.320. The van der Waals surface area contributed by atoms with E-state index in [4.69, 9.17) is 9.29 Å². The van der Waals surface area contributed by atoms with Crippen LogP contribution in [0.5, 0.6) is 0 Å². The number of amides is 1. The molecule has 0 radical (unpaired) electrons. The molecular weight excluding hydrogens is 562 g/mol. The van der Waals surface area contributed by atoms with Crippen molar-refractivity contribution in [3.05, 3.63) is 82.2 Å². The fourth-order valence-corrected chi connectivity index (χ4v) is 6.38. The molecule has 2 unspecified atom stereocenters. The van der Waals surface area contributed by atoms with Crippen molar-refractivity contribution in [2.24, 2.45) is 0 Å². The maximum Gasteiger partial charge on any atom is 0.330 e. The van der Waals surface area contributed by atoms with Crippen molar-refractivity contribution in [1.82, 2.24) is 14.9 Å². The number of carbonyl (C=O) groups excluding carboxylic acids is 2. The van der Waals surface area contributed by atoms with Crippen LogP contribution in [0.25, 0.3) is 0 Å². The SMILES string of the molecule is CC1(C)S[C@@H]2C(Nc3ncc[nH]3)C(=O)N2C1C(=O)OCc1ccc([N+](=O)[O-])cc1.Cc1ccc(S(=O)(=O)O)cc1. The Morgan fingerprint density at radius 1 is 1.23 bits per heavy atom. The zero-order valence-corrected chi connectivity index (χ0v) is 23.3. The Labute approximate surface area is 234 Å². The molecule has 1 aromatic heterocycles. The number of H-pyrrole nitrogens is 1. The van der Waals surface area contributed by atoms with Gasteiger partial charge in [0.1, 0.15) is 24.1 Å². The average Bonchev–Trinajstić information content (AvgIpc) is 3.50. The van der Waals surface area contributed by atoms with E-state index >= 15 is 0 Å². The summed E-state index contributed by atoms with van der Waals surface area (Å²) >= 11 is 1.54. The van der Waals surface area contributed by atoms with Gasteiger partial charge in [0.15, 0.2) is 0 Å². The van der Waals surface area contributed by atoms with E-state index in [-0.39, 0.29) is 28.5 Å². The van der Waals surface area contributed by atoms with Gasteiger partial charge in [0.05, 0.1) is 9.82 Å². The zero-order chi connectivity index (χ0) is 29.2. The molecule has 2 aliphatic rings. The Morgan fingerprint density at radius 3 is 2.42 bits per heavy atom. The van der Waals surface area contributed by atoms with Gasteiger partial charge in [0.25, 0.3) is 15.8 Å². The Balaban J connectivity index is 0.000000283. The third-order valence-corrected chi connectivity index (χ3v) is 8.74. The highest BCUT2D eigenvalue weighted by atomic mass is 32.2. The van der Waals surface area contributed by atoms with Crippen LogP contribution in [0, 0.1) is 17.0 Å². The van der Waals surface area contributed by atoms with E-state index in [0.717, 1.165) is 5.56 Å². The minimum atomic E-state index is -4.02. The van der Waals surface area contributed by atoms with Crippen LogP contribution in [0.4, 0.5) is 11.6 Å². The number of esters is 1. The molecule has 3 aromatic rings. The van der Waals surface area contributed by atoms with E-state index in [1.165, 1.54) is 36.0 Å². The van der Waals surface area contributed by atoms with Gasteiger partial charge >= 0.3 is 5.97 Å². The summed E-state index contributed by atoms with van der Waals surface area (Å²) in [5, 5.41) is 13.6. The van der Waals surface area contributed by atoms with E-state index in [9.17, 15) is 28.1 Å². The monoisotopic (exact) mass is 589 g/mol. The van der Waals surface area contributed by atoms with Crippen LogP contribution >= 0.6 is 11.8 Å². The smallest absolute Gasteiger partial charge is 0.330 e. The van der Waals surface area contributed by atoms with E-state index in [2.05, 4.69) is 15.3 Å². The number of thioether (sulfide) groups is 1. The molecular formula is C25H27N5O8S2. The van der Waals surface area contributed by atoms with Crippen LogP contribution in [-0.2, 0) is 31.1 Å². The molecule has 15 heteroatoms. The van der Waals surface area contributed by atoms with Crippen LogP contribution < -0.4 is 5.32 Å².